The van der Waals surface area contributed by atoms with Crippen molar-refractivity contribution in [3.05, 3.63) is 16.1 Å². The van der Waals surface area contributed by atoms with Crippen LogP contribution in [0.4, 0.5) is 0 Å². The molecule has 1 aromatic rings. The number of rotatable bonds is 5. The first-order valence-electron chi connectivity index (χ1n) is 7.68. The standard InChI is InChI=1S/C15H26N4S/c1-4-16-15(19-9-5-6-10-19)17-8-7-13-11-20-14(18-13)12(2)3/h11-12H,4-10H2,1-3H3,(H,16,17). The van der Waals surface area contributed by atoms with Crippen LogP contribution in [-0.4, -0.2) is 42.0 Å². The average molecular weight is 294 g/mol. The Labute approximate surface area is 126 Å². The van der Waals surface area contributed by atoms with Gasteiger partial charge in [0.1, 0.15) is 0 Å². The molecule has 1 aliphatic rings. The van der Waals surface area contributed by atoms with Crippen LogP contribution in [0.25, 0.3) is 0 Å². The van der Waals surface area contributed by atoms with Crippen molar-refractivity contribution in [3.8, 4) is 0 Å². The van der Waals surface area contributed by atoms with E-state index >= 15 is 0 Å². The summed E-state index contributed by atoms with van der Waals surface area (Å²) >= 11 is 1.77. The Morgan fingerprint density at radius 3 is 2.80 bits per heavy atom. The summed E-state index contributed by atoms with van der Waals surface area (Å²) in [5.74, 6) is 1.60. The van der Waals surface area contributed by atoms with Gasteiger partial charge in [-0.2, -0.15) is 0 Å². The predicted molar refractivity (Wildman–Crippen MR) is 86.7 cm³/mol. The van der Waals surface area contributed by atoms with Crippen molar-refractivity contribution in [3.63, 3.8) is 0 Å². The van der Waals surface area contributed by atoms with Crippen molar-refractivity contribution in [1.29, 1.82) is 0 Å². The second-order valence-electron chi connectivity index (χ2n) is 5.51. The zero-order valence-electron chi connectivity index (χ0n) is 12.9. The average Bonchev–Trinajstić information content (AvgIpc) is 3.09. The molecule has 1 aromatic heterocycles. The van der Waals surface area contributed by atoms with Crippen LogP contribution in [0.15, 0.2) is 10.4 Å². The van der Waals surface area contributed by atoms with E-state index in [1.807, 2.05) is 0 Å². The highest BCUT2D eigenvalue weighted by Gasteiger charge is 2.15. The Balaban J connectivity index is 1.88. The highest BCUT2D eigenvalue weighted by Crippen LogP contribution is 2.19. The highest BCUT2D eigenvalue weighted by atomic mass is 32.1. The third-order valence-corrected chi connectivity index (χ3v) is 4.63. The molecule has 4 nitrogen and oxygen atoms in total. The first kappa shape index (κ1) is 15.3. The van der Waals surface area contributed by atoms with Gasteiger partial charge in [0.25, 0.3) is 0 Å². The molecule has 1 aliphatic heterocycles. The van der Waals surface area contributed by atoms with Gasteiger partial charge in [0, 0.05) is 43.9 Å². The summed E-state index contributed by atoms with van der Waals surface area (Å²) in [6.45, 7) is 10.5. The fourth-order valence-corrected chi connectivity index (χ4v) is 3.20. The zero-order chi connectivity index (χ0) is 14.4. The minimum atomic E-state index is 0.527. The molecule has 1 N–H and O–H groups in total. The Kier molecular flexibility index (Phi) is 5.83. The fourth-order valence-electron chi connectivity index (χ4n) is 2.33. The second kappa shape index (κ2) is 7.62. The van der Waals surface area contributed by atoms with Crippen LogP contribution in [0.2, 0.25) is 0 Å². The van der Waals surface area contributed by atoms with E-state index in [0.29, 0.717) is 5.92 Å². The zero-order valence-corrected chi connectivity index (χ0v) is 13.7. The molecule has 0 atom stereocenters. The molecule has 0 bridgehead atoms. The van der Waals surface area contributed by atoms with Crippen molar-refractivity contribution >= 4 is 17.3 Å². The van der Waals surface area contributed by atoms with Crippen LogP contribution in [0.1, 0.15) is 50.2 Å². The van der Waals surface area contributed by atoms with Crippen LogP contribution in [0.5, 0.6) is 0 Å². The number of aliphatic imine (C=N–C) groups is 1. The van der Waals surface area contributed by atoms with E-state index in [1.54, 1.807) is 11.3 Å². The number of nitrogens with zero attached hydrogens (tertiary/aromatic N) is 3. The molecule has 0 aromatic carbocycles. The number of hydrogen-bond donors (Lipinski definition) is 1. The van der Waals surface area contributed by atoms with Crippen molar-refractivity contribution in [1.82, 2.24) is 15.2 Å². The van der Waals surface area contributed by atoms with Gasteiger partial charge in [0.15, 0.2) is 5.96 Å². The Hall–Kier alpha value is -1.10. The minimum absolute atomic E-state index is 0.527. The normalized spacial score (nSPS) is 16.2. The van der Waals surface area contributed by atoms with Crippen molar-refractivity contribution < 1.29 is 0 Å². The molecule has 1 fully saturated rings. The summed E-state index contributed by atoms with van der Waals surface area (Å²) in [6, 6.07) is 0. The smallest absolute Gasteiger partial charge is 0.193 e. The highest BCUT2D eigenvalue weighted by molar-refractivity contribution is 7.09. The third-order valence-electron chi connectivity index (χ3n) is 3.43. The van der Waals surface area contributed by atoms with Gasteiger partial charge in [-0.25, -0.2) is 4.98 Å². The lowest BCUT2D eigenvalue weighted by molar-refractivity contribution is 0.494. The lowest BCUT2D eigenvalue weighted by Crippen LogP contribution is -2.39. The second-order valence-corrected chi connectivity index (χ2v) is 6.40. The number of thiazole rings is 1. The molecule has 112 valence electrons. The largest absolute Gasteiger partial charge is 0.357 e. The lowest BCUT2D eigenvalue weighted by atomic mass is 10.2. The number of hydrogen-bond acceptors (Lipinski definition) is 3. The summed E-state index contributed by atoms with van der Waals surface area (Å²) in [4.78, 5) is 11.8. The summed E-state index contributed by atoms with van der Waals surface area (Å²) in [5, 5.41) is 6.80. The molecule has 0 spiro atoms. The predicted octanol–water partition coefficient (Wildman–Crippen LogP) is 2.87. The molecule has 0 saturated carbocycles. The SMILES string of the molecule is CCNC(=NCCc1csc(C(C)C)n1)N1CCCC1. The van der Waals surface area contributed by atoms with Crippen LogP contribution < -0.4 is 5.32 Å². The van der Waals surface area contributed by atoms with E-state index in [1.165, 1.54) is 23.5 Å². The maximum atomic E-state index is 4.74. The number of nitrogens with one attached hydrogen (secondary N) is 1. The summed E-state index contributed by atoms with van der Waals surface area (Å²) in [6.07, 6.45) is 3.51. The molecule has 5 heteroatoms. The summed E-state index contributed by atoms with van der Waals surface area (Å²) < 4.78 is 0. The van der Waals surface area contributed by atoms with Crippen molar-refractivity contribution in [2.45, 2.75) is 46.0 Å². The molecule has 0 aliphatic carbocycles. The van der Waals surface area contributed by atoms with Gasteiger partial charge < -0.3 is 10.2 Å². The summed E-state index contributed by atoms with van der Waals surface area (Å²) in [5.41, 5.74) is 1.18. The number of guanidine groups is 1. The van der Waals surface area contributed by atoms with Gasteiger partial charge in [-0.3, -0.25) is 4.99 Å². The monoisotopic (exact) mass is 294 g/mol. The van der Waals surface area contributed by atoms with Crippen LogP contribution in [-0.2, 0) is 6.42 Å². The number of aromatic nitrogens is 1. The van der Waals surface area contributed by atoms with Gasteiger partial charge >= 0.3 is 0 Å². The van der Waals surface area contributed by atoms with Crippen LogP contribution >= 0.6 is 11.3 Å². The topological polar surface area (TPSA) is 40.5 Å². The maximum Gasteiger partial charge on any atom is 0.193 e. The first-order chi connectivity index (χ1) is 9.70. The van der Waals surface area contributed by atoms with E-state index in [9.17, 15) is 0 Å². The van der Waals surface area contributed by atoms with Gasteiger partial charge in [0.2, 0.25) is 0 Å². The van der Waals surface area contributed by atoms with Crippen LogP contribution in [0, 0.1) is 0 Å². The van der Waals surface area contributed by atoms with E-state index in [0.717, 1.165) is 38.6 Å². The summed E-state index contributed by atoms with van der Waals surface area (Å²) in [7, 11) is 0. The molecule has 2 rings (SSSR count). The molecule has 1 saturated heterocycles. The minimum Gasteiger partial charge on any atom is -0.357 e. The van der Waals surface area contributed by atoms with Gasteiger partial charge in [-0.05, 0) is 19.8 Å². The Bertz CT molecular complexity index is 433. The molecule has 0 radical (unpaired) electrons. The quantitative estimate of drug-likeness (QED) is 0.670. The Morgan fingerprint density at radius 2 is 2.20 bits per heavy atom. The Morgan fingerprint density at radius 1 is 1.45 bits per heavy atom. The molecular weight excluding hydrogens is 268 g/mol. The molecule has 20 heavy (non-hydrogen) atoms. The third kappa shape index (κ3) is 4.20. The van der Waals surface area contributed by atoms with Crippen molar-refractivity contribution in [2.75, 3.05) is 26.2 Å². The van der Waals surface area contributed by atoms with Gasteiger partial charge in [0.05, 0.1) is 10.7 Å². The van der Waals surface area contributed by atoms with E-state index in [4.69, 9.17) is 4.99 Å². The van der Waals surface area contributed by atoms with E-state index in [2.05, 4.69) is 41.4 Å². The molecule has 0 unspecified atom stereocenters. The fraction of sp³-hybridized carbons (Fsp3) is 0.733. The van der Waals surface area contributed by atoms with Crippen molar-refractivity contribution in [2.24, 2.45) is 4.99 Å². The van der Waals surface area contributed by atoms with E-state index in [-0.39, 0.29) is 0 Å². The van der Waals surface area contributed by atoms with Crippen LogP contribution in [0.3, 0.4) is 0 Å². The van der Waals surface area contributed by atoms with E-state index < -0.39 is 0 Å². The lowest BCUT2D eigenvalue weighted by Gasteiger charge is -2.20. The molecular formula is C15H26N4S. The van der Waals surface area contributed by atoms with Gasteiger partial charge in [-0.1, -0.05) is 13.8 Å². The number of likely N-dealkylation sites (tertiary alicyclic amines) is 1. The molecule has 2 heterocycles. The van der Waals surface area contributed by atoms with Gasteiger partial charge in [-0.15, -0.1) is 11.3 Å². The molecule has 0 amide bonds. The first-order valence-corrected chi connectivity index (χ1v) is 8.56. The maximum absolute atomic E-state index is 4.74.